The summed E-state index contributed by atoms with van der Waals surface area (Å²) in [7, 11) is 1.91. The van der Waals surface area contributed by atoms with E-state index in [2.05, 4.69) is 55.0 Å². The fourth-order valence-electron chi connectivity index (χ4n) is 4.82. The molecule has 6 nitrogen and oxygen atoms in total. The van der Waals surface area contributed by atoms with E-state index in [4.69, 9.17) is 4.98 Å². The zero-order chi connectivity index (χ0) is 22.8. The lowest BCUT2D eigenvalue weighted by molar-refractivity contribution is -0.130. The third-order valence-electron chi connectivity index (χ3n) is 6.69. The summed E-state index contributed by atoms with van der Waals surface area (Å²) < 4.78 is 1.97. The lowest BCUT2D eigenvalue weighted by Crippen LogP contribution is -2.28. The van der Waals surface area contributed by atoms with Crippen LogP contribution in [0.1, 0.15) is 61.5 Å². The molecule has 3 aromatic rings. The molecule has 0 spiro atoms. The molecule has 4 rings (SSSR count). The van der Waals surface area contributed by atoms with E-state index < -0.39 is 0 Å². The molecular weight excluding hydrogens is 398 g/mol. The van der Waals surface area contributed by atoms with Crippen LogP contribution >= 0.6 is 0 Å². The molecule has 0 saturated carbocycles. The predicted molar refractivity (Wildman–Crippen MR) is 130 cm³/mol. The number of pyridine rings is 1. The van der Waals surface area contributed by atoms with Crippen LogP contribution in [0, 0.1) is 13.8 Å². The van der Waals surface area contributed by atoms with E-state index in [0.717, 1.165) is 29.8 Å². The summed E-state index contributed by atoms with van der Waals surface area (Å²) in [5.74, 6) is 0.165. The molecule has 1 amide bonds. The van der Waals surface area contributed by atoms with Crippen molar-refractivity contribution in [3.05, 3.63) is 52.8 Å². The average molecular weight is 434 g/mol. The fourth-order valence-corrected chi connectivity index (χ4v) is 4.82. The molecule has 0 bridgehead atoms. The van der Waals surface area contributed by atoms with E-state index in [1.807, 2.05) is 29.7 Å². The van der Waals surface area contributed by atoms with Crippen molar-refractivity contribution < 1.29 is 4.79 Å². The molecule has 0 atom stereocenters. The summed E-state index contributed by atoms with van der Waals surface area (Å²) >= 11 is 0. The normalized spacial score (nSPS) is 14.0. The van der Waals surface area contributed by atoms with E-state index in [-0.39, 0.29) is 11.9 Å². The summed E-state index contributed by atoms with van der Waals surface area (Å²) in [5, 5.41) is 5.61. The van der Waals surface area contributed by atoms with Crippen LogP contribution in [0.4, 0.5) is 5.69 Å². The SMILES string of the molecule is Cc1nc2c(cnn2C(C)C)c(C)c1CCC(=O)N(C)Cc1ccccc1N1CCCC1. The van der Waals surface area contributed by atoms with Crippen LogP contribution in [0.5, 0.6) is 0 Å². The monoisotopic (exact) mass is 433 g/mol. The number of carbonyl (C=O) groups is 1. The van der Waals surface area contributed by atoms with E-state index in [1.54, 1.807) is 0 Å². The van der Waals surface area contributed by atoms with Crippen molar-refractivity contribution in [1.82, 2.24) is 19.7 Å². The first-order valence-corrected chi connectivity index (χ1v) is 11.8. The first-order valence-electron chi connectivity index (χ1n) is 11.8. The number of aryl methyl sites for hydroxylation is 2. The molecule has 0 unspecified atom stereocenters. The highest BCUT2D eigenvalue weighted by molar-refractivity contribution is 5.81. The maximum Gasteiger partial charge on any atom is 0.222 e. The zero-order valence-corrected chi connectivity index (χ0v) is 20.1. The Balaban J connectivity index is 1.46. The zero-order valence-electron chi connectivity index (χ0n) is 20.1. The van der Waals surface area contributed by atoms with Crippen LogP contribution in [0.3, 0.4) is 0 Å². The highest BCUT2D eigenvalue weighted by Gasteiger charge is 2.19. The molecule has 1 aromatic carbocycles. The van der Waals surface area contributed by atoms with E-state index in [0.29, 0.717) is 19.4 Å². The van der Waals surface area contributed by atoms with Gasteiger partial charge in [-0.15, -0.1) is 0 Å². The molecular formula is C26H35N5O. The lowest BCUT2D eigenvalue weighted by atomic mass is 10.00. The molecule has 0 radical (unpaired) electrons. The van der Waals surface area contributed by atoms with Gasteiger partial charge in [0.25, 0.3) is 0 Å². The lowest BCUT2D eigenvalue weighted by Gasteiger charge is -2.24. The van der Waals surface area contributed by atoms with Gasteiger partial charge in [0.05, 0.1) is 6.20 Å². The van der Waals surface area contributed by atoms with Gasteiger partial charge in [-0.2, -0.15) is 5.10 Å². The van der Waals surface area contributed by atoms with Crippen LogP contribution in [0.25, 0.3) is 11.0 Å². The van der Waals surface area contributed by atoms with Gasteiger partial charge < -0.3 is 9.80 Å². The molecule has 6 heteroatoms. The number of benzene rings is 1. The van der Waals surface area contributed by atoms with Gasteiger partial charge in [-0.25, -0.2) is 9.67 Å². The summed E-state index contributed by atoms with van der Waals surface area (Å²) in [6, 6.07) is 8.76. The highest BCUT2D eigenvalue weighted by Crippen LogP contribution is 2.27. The quantitative estimate of drug-likeness (QED) is 0.536. The molecule has 0 aliphatic carbocycles. The predicted octanol–water partition coefficient (Wildman–Crippen LogP) is 4.82. The van der Waals surface area contributed by atoms with Crippen molar-refractivity contribution in [3.8, 4) is 0 Å². The minimum Gasteiger partial charge on any atom is -0.371 e. The Bertz CT molecular complexity index is 1110. The Morgan fingerprint density at radius 2 is 1.88 bits per heavy atom. The van der Waals surface area contributed by atoms with E-state index >= 15 is 0 Å². The van der Waals surface area contributed by atoms with Gasteiger partial charge >= 0.3 is 0 Å². The minimum atomic E-state index is 0.165. The van der Waals surface area contributed by atoms with Crippen molar-refractivity contribution in [1.29, 1.82) is 0 Å². The second-order valence-corrected chi connectivity index (χ2v) is 9.29. The van der Waals surface area contributed by atoms with E-state index in [9.17, 15) is 4.79 Å². The number of anilines is 1. The van der Waals surface area contributed by atoms with Crippen molar-refractivity contribution in [2.45, 2.75) is 66.0 Å². The number of para-hydroxylation sites is 1. The fraction of sp³-hybridized carbons (Fsp3) is 0.500. The van der Waals surface area contributed by atoms with Crippen LogP contribution in [-0.4, -0.2) is 45.7 Å². The number of nitrogens with zero attached hydrogens (tertiary/aromatic N) is 5. The average Bonchev–Trinajstić information content (AvgIpc) is 3.44. The minimum absolute atomic E-state index is 0.165. The number of carbonyl (C=O) groups excluding carboxylic acids is 1. The Morgan fingerprint density at radius 3 is 2.59 bits per heavy atom. The number of fused-ring (bicyclic) bond motifs is 1. The Hall–Kier alpha value is -2.89. The second-order valence-electron chi connectivity index (χ2n) is 9.29. The molecule has 2 aromatic heterocycles. The smallest absolute Gasteiger partial charge is 0.222 e. The molecule has 170 valence electrons. The second kappa shape index (κ2) is 9.31. The standard InChI is InChI=1S/C26H35N5O/c1-18(2)31-26-23(16-27-31)19(3)22(20(4)28-26)12-13-25(32)29(5)17-21-10-6-7-11-24(21)30-14-8-9-15-30/h6-7,10-11,16,18H,8-9,12-15,17H2,1-5H3. The van der Waals surface area contributed by atoms with Crippen LogP contribution in [0.15, 0.2) is 30.5 Å². The molecule has 32 heavy (non-hydrogen) atoms. The number of amides is 1. The summed E-state index contributed by atoms with van der Waals surface area (Å²) in [4.78, 5) is 22.1. The van der Waals surface area contributed by atoms with Crippen molar-refractivity contribution in [3.63, 3.8) is 0 Å². The van der Waals surface area contributed by atoms with Gasteiger partial charge in [-0.05, 0) is 69.7 Å². The first-order chi connectivity index (χ1) is 15.4. The first kappa shape index (κ1) is 22.3. The largest absolute Gasteiger partial charge is 0.371 e. The van der Waals surface area contributed by atoms with E-state index in [1.165, 1.54) is 35.2 Å². The number of hydrogen-bond acceptors (Lipinski definition) is 4. The topological polar surface area (TPSA) is 54.3 Å². The number of rotatable bonds is 7. The molecule has 0 N–H and O–H groups in total. The maximum absolute atomic E-state index is 13.0. The van der Waals surface area contributed by atoms with Gasteiger partial charge in [0.1, 0.15) is 0 Å². The maximum atomic E-state index is 13.0. The highest BCUT2D eigenvalue weighted by atomic mass is 16.2. The Morgan fingerprint density at radius 1 is 1.16 bits per heavy atom. The summed E-state index contributed by atoms with van der Waals surface area (Å²) in [6.07, 6.45) is 5.58. The van der Waals surface area contributed by atoms with Crippen molar-refractivity contribution in [2.24, 2.45) is 0 Å². The molecule has 3 heterocycles. The molecule has 1 aliphatic heterocycles. The summed E-state index contributed by atoms with van der Waals surface area (Å²) in [5.41, 5.74) is 6.78. The molecule has 1 aliphatic rings. The van der Waals surface area contributed by atoms with Gasteiger partial charge in [0, 0.05) is 55.9 Å². The van der Waals surface area contributed by atoms with Gasteiger partial charge in [0.2, 0.25) is 5.91 Å². The number of aromatic nitrogens is 3. The number of hydrogen-bond donors (Lipinski definition) is 0. The van der Waals surface area contributed by atoms with Gasteiger partial charge in [-0.1, -0.05) is 18.2 Å². The third kappa shape index (κ3) is 4.36. The van der Waals surface area contributed by atoms with Crippen LogP contribution in [0.2, 0.25) is 0 Å². The molecule has 1 saturated heterocycles. The summed E-state index contributed by atoms with van der Waals surface area (Å²) in [6.45, 7) is 11.2. The van der Waals surface area contributed by atoms with Gasteiger partial charge in [0.15, 0.2) is 5.65 Å². The molecule has 1 fully saturated rings. The van der Waals surface area contributed by atoms with Crippen molar-refractivity contribution >= 4 is 22.6 Å². The Labute approximate surface area is 191 Å². The van der Waals surface area contributed by atoms with Crippen LogP contribution in [-0.2, 0) is 17.8 Å². The van der Waals surface area contributed by atoms with Crippen LogP contribution < -0.4 is 4.90 Å². The van der Waals surface area contributed by atoms with Crippen molar-refractivity contribution in [2.75, 3.05) is 25.0 Å². The van der Waals surface area contributed by atoms with Gasteiger partial charge in [-0.3, -0.25) is 4.79 Å². The third-order valence-corrected chi connectivity index (χ3v) is 6.69. The Kier molecular flexibility index (Phi) is 6.49.